The fraction of sp³-hybridized carbons (Fsp3) is 0.650. The van der Waals surface area contributed by atoms with Crippen molar-refractivity contribution in [3.8, 4) is 5.75 Å². The van der Waals surface area contributed by atoms with Crippen LogP contribution in [0.25, 0.3) is 0 Å². The lowest BCUT2D eigenvalue weighted by atomic mass is 9.55. The predicted molar refractivity (Wildman–Crippen MR) is 112 cm³/mol. The van der Waals surface area contributed by atoms with E-state index in [0.29, 0.717) is 22.2 Å². The summed E-state index contributed by atoms with van der Waals surface area (Å²) < 4.78 is 41.7. The molecule has 1 aromatic carbocycles. The first kappa shape index (κ1) is 20.4. The zero-order chi connectivity index (χ0) is 20.1. The maximum atomic E-state index is 11.9. The van der Waals surface area contributed by atoms with Crippen molar-refractivity contribution >= 4 is 39.0 Å². The zero-order valence-corrected chi connectivity index (χ0v) is 18.7. The van der Waals surface area contributed by atoms with E-state index >= 15 is 0 Å². The van der Waals surface area contributed by atoms with Crippen LogP contribution in [0.5, 0.6) is 5.75 Å². The summed E-state index contributed by atoms with van der Waals surface area (Å²) in [7, 11) is -4.51. The fourth-order valence-electron chi connectivity index (χ4n) is 6.07. The van der Waals surface area contributed by atoms with Gasteiger partial charge in [0.1, 0.15) is 11.9 Å². The van der Waals surface area contributed by atoms with Gasteiger partial charge in [-0.1, -0.05) is 35.6 Å². The number of fused-ring (bicyclic) bond motifs is 5. The fourth-order valence-corrected chi connectivity index (χ4v) is 6.59. The summed E-state index contributed by atoms with van der Waals surface area (Å²) in [6, 6.07) is 5.33. The van der Waals surface area contributed by atoms with E-state index in [1.807, 2.05) is 6.07 Å². The second-order valence-corrected chi connectivity index (χ2v) is 10.3. The number of benzene rings is 1. The van der Waals surface area contributed by atoms with E-state index in [4.69, 9.17) is 9.29 Å². The Morgan fingerprint density at radius 2 is 2.07 bits per heavy atom. The number of ether oxygens (including phenoxy) is 1. The highest BCUT2D eigenvalue weighted by atomic mass is 127. The van der Waals surface area contributed by atoms with E-state index in [2.05, 4.69) is 33.7 Å². The minimum Gasteiger partial charge on any atom is -0.461 e. The highest BCUT2D eigenvalue weighted by Crippen LogP contribution is 2.61. The van der Waals surface area contributed by atoms with Gasteiger partial charge in [0.15, 0.2) is 0 Å². The molecular formula is C20H25IO6S. The summed E-state index contributed by atoms with van der Waals surface area (Å²) in [5.41, 5.74) is 2.43. The van der Waals surface area contributed by atoms with Crippen LogP contribution in [0, 0.1) is 17.3 Å². The molecule has 1 N–H and O–H groups in total. The minimum atomic E-state index is -4.51. The largest absolute Gasteiger partial charge is 0.461 e. The van der Waals surface area contributed by atoms with Crippen molar-refractivity contribution in [2.45, 2.75) is 57.5 Å². The van der Waals surface area contributed by atoms with Gasteiger partial charge in [-0.3, -0.25) is 9.35 Å². The van der Waals surface area contributed by atoms with Gasteiger partial charge >= 0.3 is 16.4 Å². The number of rotatable bonds is 4. The summed E-state index contributed by atoms with van der Waals surface area (Å²) in [6.45, 7) is 2.30. The van der Waals surface area contributed by atoms with E-state index in [-0.39, 0.29) is 23.2 Å². The third-order valence-electron chi connectivity index (χ3n) is 7.20. The Morgan fingerprint density at radius 1 is 1.29 bits per heavy atom. The molecule has 0 aliphatic heterocycles. The molecule has 5 atom stereocenters. The number of halogens is 1. The molecule has 154 valence electrons. The molecule has 0 spiro atoms. The van der Waals surface area contributed by atoms with Crippen LogP contribution in [-0.2, 0) is 26.4 Å². The van der Waals surface area contributed by atoms with Crippen molar-refractivity contribution in [1.82, 2.24) is 0 Å². The average Bonchev–Trinajstić information content (AvgIpc) is 2.96. The smallest absolute Gasteiger partial charge is 0.446 e. The molecule has 6 nitrogen and oxygen atoms in total. The first-order chi connectivity index (χ1) is 13.2. The molecule has 2 fully saturated rings. The normalized spacial score (nSPS) is 34.1. The van der Waals surface area contributed by atoms with E-state index in [1.165, 1.54) is 5.56 Å². The lowest BCUT2D eigenvalue weighted by Crippen LogP contribution is -2.45. The van der Waals surface area contributed by atoms with E-state index < -0.39 is 10.4 Å². The van der Waals surface area contributed by atoms with Crippen molar-refractivity contribution in [3.63, 3.8) is 0 Å². The standard InChI is InChI=1S/C20H25IO6S/c1-20-9-8-15-14-5-3-13(27-28(23,24)25)10-12(14)2-4-16(15)17(20)6-7-18(20)26-19(22)11-21/h3,5,10,15-18H,2,4,6-9,11H2,1H3,(H,23,24,25)/t15-,16-,17+,18+,20+/m1/s1. The van der Waals surface area contributed by atoms with Crippen molar-refractivity contribution in [2.75, 3.05) is 4.43 Å². The molecule has 1 aromatic rings. The SMILES string of the molecule is C[C@]12CC[C@@H]3c4ccc(OS(=O)(=O)O)cc4CC[C@H]3[C@@H]1CC[C@@H]2OC(=O)CI. The van der Waals surface area contributed by atoms with Crippen LogP contribution in [0.3, 0.4) is 0 Å². The molecule has 0 bridgehead atoms. The number of hydrogen-bond acceptors (Lipinski definition) is 5. The molecule has 3 aliphatic carbocycles. The first-order valence-electron chi connectivity index (χ1n) is 9.76. The Labute approximate surface area is 179 Å². The summed E-state index contributed by atoms with van der Waals surface area (Å²) in [5, 5.41) is 0. The maximum Gasteiger partial charge on any atom is 0.446 e. The number of aryl methyl sites for hydroxylation is 1. The number of carbonyl (C=O) groups is 1. The number of hydrogen-bond donors (Lipinski definition) is 1. The molecule has 3 aliphatic rings. The molecule has 0 saturated heterocycles. The Kier molecular flexibility index (Phi) is 5.41. The second kappa shape index (κ2) is 7.43. The van der Waals surface area contributed by atoms with Gasteiger partial charge < -0.3 is 8.92 Å². The van der Waals surface area contributed by atoms with Crippen LogP contribution in [0.2, 0.25) is 0 Å². The van der Waals surface area contributed by atoms with E-state index in [0.717, 1.165) is 44.1 Å². The molecular weight excluding hydrogens is 495 g/mol. The highest BCUT2D eigenvalue weighted by Gasteiger charge is 2.56. The predicted octanol–water partition coefficient (Wildman–Crippen LogP) is 4.07. The van der Waals surface area contributed by atoms with Crippen molar-refractivity contribution < 1.29 is 26.7 Å². The average molecular weight is 520 g/mol. The van der Waals surface area contributed by atoms with Gasteiger partial charge in [-0.25, -0.2) is 0 Å². The van der Waals surface area contributed by atoms with Crippen LogP contribution < -0.4 is 4.18 Å². The third-order valence-corrected chi connectivity index (χ3v) is 8.22. The van der Waals surface area contributed by atoms with Crippen LogP contribution in [-0.4, -0.2) is 29.5 Å². The Balaban J connectivity index is 1.56. The molecule has 0 heterocycles. The highest BCUT2D eigenvalue weighted by molar-refractivity contribution is 14.1. The number of carbonyl (C=O) groups excluding carboxylic acids is 1. The summed E-state index contributed by atoms with van der Waals surface area (Å²) in [6.07, 6.45) is 6.04. The third kappa shape index (κ3) is 3.67. The molecule has 0 aromatic heterocycles. The number of alkyl halides is 1. The van der Waals surface area contributed by atoms with Crippen molar-refractivity contribution in [1.29, 1.82) is 0 Å². The van der Waals surface area contributed by atoms with Crippen LogP contribution in [0.4, 0.5) is 0 Å². The van der Waals surface area contributed by atoms with Gasteiger partial charge in [-0.2, -0.15) is 8.42 Å². The Morgan fingerprint density at radius 3 is 2.79 bits per heavy atom. The van der Waals surface area contributed by atoms with Crippen molar-refractivity contribution in [2.24, 2.45) is 17.3 Å². The zero-order valence-electron chi connectivity index (χ0n) is 15.8. The molecule has 28 heavy (non-hydrogen) atoms. The second-order valence-electron chi connectivity index (χ2n) is 8.52. The van der Waals surface area contributed by atoms with Crippen LogP contribution in [0.15, 0.2) is 18.2 Å². The Bertz CT molecular complexity index is 885. The summed E-state index contributed by atoms with van der Waals surface area (Å²) >= 11 is 2.05. The first-order valence-corrected chi connectivity index (χ1v) is 12.7. The van der Waals surface area contributed by atoms with Crippen LogP contribution in [0.1, 0.15) is 56.1 Å². The monoisotopic (exact) mass is 520 g/mol. The Hall–Kier alpha value is -0.870. The quantitative estimate of drug-likeness (QED) is 0.279. The van der Waals surface area contributed by atoms with E-state index in [1.54, 1.807) is 12.1 Å². The van der Waals surface area contributed by atoms with Gasteiger partial charge in [0.25, 0.3) is 0 Å². The summed E-state index contributed by atoms with van der Waals surface area (Å²) in [4.78, 5) is 11.9. The van der Waals surface area contributed by atoms with Gasteiger partial charge in [-0.15, -0.1) is 0 Å². The van der Waals surface area contributed by atoms with Gasteiger partial charge in [-0.05, 0) is 79.5 Å². The molecule has 8 heteroatoms. The lowest BCUT2D eigenvalue weighted by molar-refractivity contribution is -0.153. The van der Waals surface area contributed by atoms with Crippen molar-refractivity contribution in [3.05, 3.63) is 29.3 Å². The van der Waals surface area contributed by atoms with Gasteiger partial charge in [0, 0.05) is 5.41 Å². The van der Waals surface area contributed by atoms with Crippen LogP contribution >= 0.6 is 22.6 Å². The molecule has 2 saturated carbocycles. The van der Waals surface area contributed by atoms with E-state index in [9.17, 15) is 13.2 Å². The minimum absolute atomic E-state index is 0.0210. The molecule has 0 radical (unpaired) electrons. The molecule has 4 rings (SSSR count). The molecule has 0 amide bonds. The van der Waals surface area contributed by atoms with Gasteiger partial charge in [0.2, 0.25) is 0 Å². The molecule has 0 unspecified atom stereocenters. The lowest BCUT2D eigenvalue weighted by Gasteiger charge is -2.50. The summed E-state index contributed by atoms with van der Waals surface area (Å²) in [5.74, 6) is 1.59. The van der Waals surface area contributed by atoms with Gasteiger partial charge in [0.05, 0.1) is 4.43 Å². The number of esters is 1. The topological polar surface area (TPSA) is 89.9 Å². The maximum absolute atomic E-state index is 11.9.